The van der Waals surface area contributed by atoms with Gasteiger partial charge in [-0.05, 0) is 26.2 Å². The van der Waals surface area contributed by atoms with E-state index in [1.54, 1.807) is 0 Å². The third kappa shape index (κ3) is 1.61. The lowest BCUT2D eigenvalue weighted by Crippen LogP contribution is -2.21. The minimum absolute atomic E-state index is 0.311. The Morgan fingerprint density at radius 3 is 2.57 bits per heavy atom. The normalized spacial score (nSPS) is 26.9. The van der Waals surface area contributed by atoms with Gasteiger partial charge in [0.2, 0.25) is 0 Å². The van der Waals surface area contributed by atoms with Crippen molar-refractivity contribution in [3.63, 3.8) is 0 Å². The lowest BCUT2D eigenvalue weighted by atomic mass is 9.83. The largest absolute Gasteiger partial charge is 0.371 e. The second-order valence-electron chi connectivity index (χ2n) is 4.43. The maximum Gasteiger partial charge on any atom is 0.160 e. The molecule has 1 aliphatic carbocycles. The number of hydrogen-bond acceptors (Lipinski definition) is 2. The van der Waals surface area contributed by atoms with Crippen molar-refractivity contribution in [2.75, 3.05) is 13.1 Å². The van der Waals surface area contributed by atoms with Gasteiger partial charge in [-0.1, -0.05) is 12.2 Å². The van der Waals surface area contributed by atoms with Gasteiger partial charge in [-0.15, -0.1) is 0 Å². The van der Waals surface area contributed by atoms with E-state index >= 15 is 0 Å². The van der Waals surface area contributed by atoms with E-state index in [0.29, 0.717) is 18.1 Å². The Morgan fingerprint density at radius 2 is 2.07 bits per heavy atom. The molecule has 0 radical (unpaired) electrons. The third-order valence-electron chi connectivity index (χ3n) is 3.25. The Morgan fingerprint density at radius 1 is 1.43 bits per heavy atom. The van der Waals surface area contributed by atoms with Crippen LogP contribution in [0.2, 0.25) is 0 Å². The predicted molar refractivity (Wildman–Crippen MR) is 56.8 cm³/mol. The summed E-state index contributed by atoms with van der Waals surface area (Å²) >= 11 is 0. The van der Waals surface area contributed by atoms with Crippen molar-refractivity contribution in [1.29, 1.82) is 0 Å². The molecule has 1 heterocycles. The van der Waals surface area contributed by atoms with Gasteiger partial charge in [0.15, 0.2) is 5.78 Å². The van der Waals surface area contributed by atoms with Crippen LogP contribution < -0.4 is 0 Å². The van der Waals surface area contributed by atoms with E-state index in [4.69, 9.17) is 0 Å². The summed E-state index contributed by atoms with van der Waals surface area (Å²) in [7, 11) is 0. The van der Waals surface area contributed by atoms with Gasteiger partial charge in [0, 0.05) is 30.8 Å². The monoisotopic (exact) mass is 191 g/mol. The van der Waals surface area contributed by atoms with Crippen molar-refractivity contribution in [2.45, 2.75) is 26.7 Å². The molecule has 0 spiro atoms. The molecule has 2 rings (SSSR count). The SMILES string of the molecule is C=C(C)C1CC(=O)C(C)=C(N2CC2)C1. The van der Waals surface area contributed by atoms with Crippen LogP contribution in [0, 0.1) is 5.92 Å². The first-order valence-electron chi connectivity index (χ1n) is 5.23. The summed E-state index contributed by atoms with van der Waals surface area (Å²) < 4.78 is 0. The molecule has 2 nitrogen and oxygen atoms in total. The molecule has 0 saturated carbocycles. The molecule has 0 N–H and O–H groups in total. The van der Waals surface area contributed by atoms with Crippen molar-refractivity contribution < 1.29 is 4.79 Å². The van der Waals surface area contributed by atoms with E-state index in [0.717, 1.165) is 30.7 Å². The number of carbonyl (C=O) groups is 1. The first-order valence-corrected chi connectivity index (χ1v) is 5.23. The average Bonchev–Trinajstić information content (AvgIpc) is 2.92. The predicted octanol–water partition coefficient (Wildman–Crippen LogP) is 2.13. The van der Waals surface area contributed by atoms with E-state index in [-0.39, 0.29) is 0 Å². The lowest BCUT2D eigenvalue weighted by molar-refractivity contribution is -0.116. The molecule has 1 unspecified atom stereocenters. The zero-order chi connectivity index (χ0) is 10.3. The number of allylic oxidation sites excluding steroid dienone is 3. The van der Waals surface area contributed by atoms with Crippen LogP contribution in [-0.2, 0) is 4.79 Å². The molecule has 2 aliphatic rings. The highest BCUT2D eigenvalue weighted by Gasteiger charge is 2.31. The quantitative estimate of drug-likeness (QED) is 0.492. The molecule has 0 aromatic heterocycles. The van der Waals surface area contributed by atoms with Crippen LogP contribution in [0.3, 0.4) is 0 Å². The summed E-state index contributed by atoms with van der Waals surface area (Å²) in [6, 6.07) is 0. The summed E-state index contributed by atoms with van der Waals surface area (Å²) in [4.78, 5) is 14.0. The Bertz CT molecular complexity index is 323. The maximum atomic E-state index is 11.7. The van der Waals surface area contributed by atoms with Gasteiger partial charge in [0.25, 0.3) is 0 Å². The van der Waals surface area contributed by atoms with Crippen molar-refractivity contribution in [3.8, 4) is 0 Å². The number of hydrogen-bond donors (Lipinski definition) is 0. The molecule has 1 saturated heterocycles. The van der Waals surface area contributed by atoms with Crippen molar-refractivity contribution in [1.82, 2.24) is 4.90 Å². The third-order valence-corrected chi connectivity index (χ3v) is 3.25. The molecule has 1 atom stereocenters. The minimum Gasteiger partial charge on any atom is -0.371 e. The smallest absolute Gasteiger partial charge is 0.160 e. The molecule has 1 fully saturated rings. The van der Waals surface area contributed by atoms with E-state index < -0.39 is 0 Å². The van der Waals surface area contributed by atoms with Gasteiger partial charge in [0.05, 0.1) is 0 Å². The summed E-state index contributed by atoms with van der Waals surface area (Å²) in [5, 5.41) is 0. The van der Waals surface area contributed by atoms with Crippen LogP contribution in [0.4, 0.5) is 0 Å². The van der Waals surface area contributed by atoms with Gasteiger partial charge in [-0.25, -0.2) is 0 Å². The number of ketones is 1. The molecule has 2 heteroatoms. The van der Waals surface area contributed by atoms with Gasteiger partial charge in [0.1, 0.15) is 0 Å². The molecule has 0 aromatic carbocycles. The van der Waals surface area contributed by atoms with Gasteiger partial charge in [-0.3, -0.25) is 4.79 Å². The molecule has 0 bridgehead atoms. The highest BCUT2D eigenvalue weighted by Crippen LogP contribution is 2.35. The number of carbonyl (C=O) groups excluding carboxylic acids is 1. The van der Waals surface area contributed by atoms with E-state index in [9.17, 15) is 4.79 Å². The van der Waals surface area contributed by atoms with Crippen LogP contribution in [0.1, 0.15) is 26.7 Å². The Labute approximate surface area is 85.3 Å². The van der Waals surface area contributed by atoms with Crippen LogP contribution in [-0.4, -0.2) is 23.8 Å². The highest BCUT2D eigenvalue weighted by molar-refractivity contribution is 5.96. The topological polar surface area (TPSA) is 20.1 Å². The van der Waals surface area contributed by atoms with Crippen molar-refractivity contribution in [3.05, 3.63) is 23.4 Å². The van der Waals surface area contributed by atoms with Crippen LogP contribution >= 0.6 is 0 Å². The first-order chi connectivity index (χ1) is 6.59. The minimum atomic E-state index is 0.311. The van der Waals surface area contributed by atoms with Crippen molar-refractivity contribution >= 4 is 5.78 Å². The molecule has 76 valence electrons. The maximum absolute atomic E-state index is 11.7. The summed E-state index contributed by atoms with van der Waals surface area (Å²) in [6.45, 7) is 10.2. The Kier molecular flexibility index (Phi) is 2.22. The summed E-state index contributed by atoms with van der Waals surface area (Å²) in [6.07, 6.45) is 1.69. The zero-order valence-electron chi connectivity index (χ0n) is 8.97. The van der Waals surface area contributed by atoms with Crippen LogP contribution in [0.25, 0.3) is 0 Å². The van der Waals surface area contributed by atoms with Crippen LogP contribution in [0.15, 0.2) is 23.4 Å². The molecular weight excluding hydrogens is 174 g/mol. The number of nitrogens with zero attached hydrogens (tertiary/aromatic N) is 1. The van der Waals surface area contributed by atoms with Gasteiger partial charge >= 0.3 is 0 Å². The highest BCUT2D eigenvalue weighted by atomic mass is 16.1. The fraction of sp³-hybridized carbons (Fsp3) is 0.583. The summed E-state index contributed by atoms with van der Waals surface area (Å²) in [5.74, 6) is 0.688. The molecule has 1 aliphatic heterocycles. The molecule has 0 aromatic rings. The average molecular weight is 191 g/mol. The fourth-order valence-electron chi connectivity index (χ4n) is 2.03. The Hall–Kier alpha value is -1.05. The second-order valence-corrected chi connectivity index (χ2v) is 4.43. The van der Waals surface area contributed by atoms with Gasteiger partial charge in [-0.2, -0.15) is 0 Å². The van der Waals surface area contributed by atoms with Crippen molar-refractivity contribution in [2.24, 2.45) is 5.92 Å². The fourth-order valence-corrected chi connectivity index (χ4v) is 2.03. The number of Topliss-reactive ketones (excluding diaryl/α,β-unsaturated/α-hetero) is 1. The Balaban J connectivity index is 2.23. The zero-order valence-corrected chi connectivity index (χ0v) is 8.97. The van der Waals surface area contributed by atoms with E-state index in [2.05, 4.69) is 11.5 Å². The molecule has 14 heavy (non-hydrogen) atoms. The molecule has 0 amide bonds. The second kappa shape index (κ2) is 3.26. The molecular formula is C12H17NO. The standard InChI is InChI=1S/C12H17NO/c1-8(2)10-6-11(13-4-5-13)9(3)12(14)7-10/h10H,1,4-7H2,2-3H3. The lowest BCUT2D eigenvalue weighted by Gasteiger charge is -2.26. The van der Waals surface area contributed by atoms with E-state index in [1.165, 1.54) is 5.70 Å². The van der Waals surface area contributed by atoms with Gasteiger partial charge < -0.3 is 4.90 Å². The van der Waals surface area contributed by atoms with E-state index in [1.807, 2.05) is 13.8 Å². The van der Waals surface area contributed by atoms with Crippen LogP contribution in [0.5, 0.6) is 0 Å². The summed E-state index contributed by atoms with van der Waals surface area (Å²) in [5.41, 5.74) is 3.40. The number of rotatable bonds is 2. The first kappa shape index (κ1) is 9.50.